The summed E-state index contributed by atoms with van der Waals surface area (Å²) in [6.45, 7) is 2.96. The molecule has 2 rings (SSSR count). The zero-order chi connectivity index (χ0) is 14.5. The van der Waals surface area contributed by atoms with E-state index in [1.807, 2.05) is 36.1 Å². The van der Waals surface area contributed by atoms with Gasteiger partial charge in [-0.2, -0.15) is 5.10 Å². The minimum atomic E-state index is 0.153. The standard InChI is InChI=1S/C15H20BrN3O/c1-3-14(13-10-11(16)4-5-15(13)20)17-8-6-12-7-9-18-19(12)2/h4-5,7,9-10,14,17,20H,3,6,8H2,1-2H3. The largest absolute Gasteiger partial charge is 0.508 e. The van der Waals surface area contributed by atoms with E-state index in [1.54, 1.807) is 6.07 Å². The van der Waals surface area contributed by atoms with Gasteiger partial charge in [-0.25, -0.2) is 0 Å². The van der Waals surface area contributed by atoms with Gasteiger partial charge in [0, 0.05) is 48.0 Å². The zero-order valence-corrected chi connectivity index (χ0v) is 13.4. The van der Waals surface area contributed by atoms with Gasteiger partial charge < -0.3 is 10.4 Å². The Bertz CT molecular complexity index is 568. The lowest BCUT2D eigenvalue weighted by Crippen LogP contribution is -2.24. The van der Waals surface area contributed by atoms with Crippen LogP contribution < -0.4 is 5.32 Å². The van der Waals surface area contributed by atoms with Gasteiger partial charge in [-0.1, -0.05) is 22.9 Å². The van der Waals surface area contributed by atoms with Crippen molar-refractivity contribution in [2.24, 2.45) is 7.05 Å². The van der Waals surface area contributed by atoms with Crippen molar-refractivity contribution in [3.8, 4) is 5.75 Å². The van der Waals surface area contributed by atoms with E-state index < -0.39 is 0 Å². The molecule has 0 saturated carbocycles. The molecule has 1 aromatic carbocycles. The van der Waals surface area contributed by atoms with Crippen LogP contribution in [0.4, 0.5) is 0 Å². The molecule has 1 atom stereocenters. The number of hydrogen-bond donors (Lipinski definition) is 2. The van der Waals surface area contributed by atoms with Gasteiger partial charge in [0.05, 0.1) is 0 Å². The fraction of sp³-hybridized carbons (Fsp3) is 0.400. The Balaban J connectivity index is 1.99. The fourth-order valence-electron chi connectivity index (χ4n) is 2.30. The number of benzene rings is 1. The molecule has 0 amide bonds. The van der Waals surface area contributed by atoms with E-state index in [-0.39, 0.29) is 6.04 Å². The highest BCUT2D eigenvalue weighted by atomic mass is 79.9. The maximum absolute atomic E-state index is 9.99. The Hall–Kier alpha value is -1.33. The van der Waals surface area contributed by atoms with Gasteiger partial charge >= 0.3 is 0 Å². The van der Waals surface area contributed by atoms with Gasteiger partial charge in [0.25, 0.3) is 0 Å². The third kappa shape index (κ3) is 3.61. The number of aromatic hydroxyl groups is 1. The van der Waals surface area contributed by atoms with Crippen LogP contribution in [0.5, 0.6) is 5.75 Å². The molecule has 5 heteroatoms. The van der Waals surface area contributed by atoms with E-state index in [1.165, 1.54) is 5.69 Å². The zero-order valence-electron chi connectivity index (χ0n) is 11.8. The SMILES string of the molecule is CCC(NCCc1ccnn1C)c1cc(Br)ccc1O. The average molecular weight is 338 g/mol. The average Bonchev–Trinajstić information content (AvgIpc) is 2.84. The number of aryl methyl sites for hydroxylation is 1. The predicted octanol–water partition coefficient (Wildman–Crippen LogP) is 3.17. The van der Waals surface area contributed by atoms with Crippen molar-refractivity contribution in [2.45, 2.75) is 25.8 Å². The summed E-state index contributed by atoms with van der Waals surface area (Å²) < 4.78 is 2.87. The number of phenols is 1. The van der Waals surface area contributed by atoms with Crippen molar-refractivity contribution < 1.29 is 5.11 Å². The highest BCUT2D eigenvalue weighted by molar-refractivity contribution is 9.10. The number of nitrogens with one attached hydrogen (secondary N) is 1. The third-order valence-electron chi connectivity index (χ3n) is 3.47. The first kappa shape index (κ1) is 15.1. The second-order valence-corrected chi connectivity index (χ2v) is 5.73. The first-order chi connectivity index (χ1) is 9.61. The molecule has 1 heterocycles. The van der Waals surface area contributed by atoms with Crippen LogP contribution in [0.15, 0.2) is 34.9 Å². The molecule has 4 nitrogen and oxygen atoms in total. The lowest BCUT2D eigenvalue weighted by molar-refractivity contribution is 0.441. The minimum Gasteiger partial charge on any atom is -0.508 e. The number of rotatable bonds is 6. The molecule has 20 heavy (non-hydrogen) atoms. The van der Waals surface area contributed by atoms with Crippen molar-refractivity contribution in [1.29, 1.82) is 0 Å². The molecule has 108 valence electrons. The van der Waals surface area contributed by atoms with Crippen molar-refractivity contribution in [1.82, 2.24) is 15.1 Å². The molecule has 0 radical (unpaired) electrons. The number of nitrogens with zero attached hydrogens (tertiary/aromatic N) is 2. The van der Waals surface area contributed by atoms with E-state index in [4.69, 9.17) is 0 Å². The van der Waals surface area contributed by atoms with Crippen LogP contribution in [-0.2, 0) is 13.5 Å². The Morgan fingerprint density at radius 2 is 2.20 bits per heavy atom. The lowest BCUT2D eigenvalue weighted by Gasteiger charge is -2.19. The predicted molar refractivity (Wildman–Crippen MR) is 83.8 cm³/mol. The summed E-state index contributed by atoms with van der Waals surface area (Å²) in [5, 5.41) is 17.6. The summed E-state index contributed by atoms with van der Waals surface area (Å²) >= 11 is 3.45. The van der Waals surface area contributed by atoms with Crippen LogP contribution >= 0.6 is 15.9 Å². The summed E-state index contributed by atoms with van der Waals surface area (Å²) in [5.74, 6) is 0.341. The van der Waals surface area contributed by atoms with Crippen molar-refractivity contribution in [3.05, 3.63) is 46.2 Å². The highest BCUT2D eigenvalue weighted by Crippen LogP contribution is 2.29. The number of aromatic nitrogens is 2. The Kier molecular flexibility index (Phi) is 5.20. The molecular formula is C15H20BrN3O. The molecule has 0 aliphatic rings. The van der Waals surface area contributed by atoms with Crippen LogP contribution in [0.2, 0.25) is 0 Å². The normalized spacial score (nSPS) is 12.6. The molecular weight excluding hydrogens is 318 g/mol. The Labute approximate surface area is 127 Å². The molecule has 2 aromatic rings. The van der Waals surface area contributed by atoms with Crippen molar-refractivity contribution >= 4 is 15.9 Å². The molecule has 1 unspecified atom stereocenters. The first-order valence-corrected chi connectivity index (χ1v) is 7.59. The molecule has 0 aliphatic heterocycles. The third-order valence-corrected chi connectivity index (χ3v) is 3.96. The Morgan fingerprint density at radius 1 is 1.40 bits per heavy atom. The molecule has 0 saturated heterocycles. The van der Waals surface area contributed by atoms with Gasteiger partial charge in [-0.05, 0) is 30.7 Å². The van der Waals surface area contributed by atoms with Gasteiger partial charge in [0.2, 0.25) is 0 Å². The van der Waals surface area contributed by atoms with E-state index in [9.17, 15) is 5.11 Å². The topological polar surface area (TPSA) is 50.1 Å². The van der Waals surface area contributed by atoms with Gasteiger partial charge in [-0.3, -0.25) is 4.68 Å². The fourth-order valence-corrected chi connectivity index (χ4v) is 2.68. The number of halogens is 1. The second-order valence-electron chi connectivity index (χ2n) is 4.81. The van der Waals surface area contributed by atoms with Crippen molar-refractivity contribution in [2.75, 3.05) is 6.54 Å². The second kappa shape index (κ2) is 6.90. The van der Waals surface area contributed by atoms with Crippen LogP contribution in [-0.4, -0.2) is 21.4 Å². The Morgan fingerprint density at radius 3 is 2.85 bits per heavy atom. The minimum absolute atomic E-state index is 0.153. The molecule has 0 aliphatic carbocycles. The van der Waals surface area contributed by atoms with Gasteiger partial charge in [0.15, 0.2) is 0 Å². The summed E-state index contributed by atoms with van der Waals surface area (Å²) in [4.78, 5) is 0. The monoisotopic (exact) mass is 337 g/mol. The van der Waals surface area contributed by atoms with Crippen molar-refractivity contribution in [3.63, 3.8) is 0 Å². The van der Waals surface area contributed by atoms with Gasteiger partial charge in [0.1, 0.15) is 5.75 Å². The quantitative estimate of drug-likeness (QED) is 0.851. The van der Waals surface area contributed by atoms with Crippen LogP contribution in [0, 0.1) is 0 Å². The summed E-state index contributed by atoms with van der Waals surface area (Å²) in [7, 11) is 1.95. The van der Waals surface area contributed by atoms with Crippen LogP contribution in [0.1, 0.15) is 30.6 Å². The smallest absolute Gasteiger partial charge is 0.120 e. The van der Waals surface area contributed by atoms with E-state index in [0.29, 0.717) is 5.75 Å². The van der Waals surface area contributed by atoms with E-state index in [2.05, 4.69) is 33.3 Å². The van der Waals surface area contributed by atoms with E-state index in [0.717, 1.165) is 29.4 Å². The number of hydrogen-bond acceptors (Lipinski definition) is 3. The molecule has 1 aromatic heterocycles. The maximum atomic E-state index is 9.99. The summed E-state index contributed by atoms with van der Waals surface area (Å²) in [5.41, 5.74) is 2.14. The molecule has 0 bridgehead atoms. The highest BCUT2D eigenvalue weighted by Gasteiger charge is 2.13. The molecule has 2 N–H and O–H groups in total. The van der Waals surface area contributed by atoms with Crippen LogP contribution in [0.25, 0.3) is 0 Å². The number of phenolic OH excluding ortho intramolecular Hbond substituents is 1. The molecule has 0 fully saturated rings. The maximum Gasteiger partial charge on any atom is 0.120 e. The lowest BCUT2D eigenvalue weighted by atomic mass is 10.0. The van der Waals surface area contributed by atoms with Crippen LogP contribution in [0.3, 0.4) is 0 Å². The van der Waals surface area contributed by atoms with Gasteiger partial charge in [-0.15, -0.1) is 0 Å². The summed E-state index contributed by atoms with van der Waals surface area (Å²) in [6.07, 6.45) is 3.66. The summed E-state index contributed by atoms with van der Waals surface area (Å²) in [6, 6.07) is 7.73. The van der Waals surface area contributed by atoms with E-state index >= 15 is 0 Å². The molecule has 0 spiro atoms. The first-order valence-electron chi connectivity index (χ1n) is 6.80.